The van der Waals surface area contributed by atoms with Crippen LogP contribution in [0, 0.1) is 0 Å². The molecule has 0 amide bonds. The smallest absolute Gasteiger partial charge is 0.336 e. The summed E-state index contributed by atoms with van der Waals surface area (Å²) in [6.45, 7) is 5.02. The zero-order valence-electron chi connectivity index (χ0n) is 11.9. The summed E-state index contributed by atoms with van der Waals surface area (Å²) in [5, 5.41) is 0. The van der Waals surface area contributed by atoms with Gasteiger partial charge in [-0.1, -0.05) is 0 Å². The standard InChI is InChI=1S/C13H19N3O4/c1-9(2)16-5-4-14-11(12(16)17)15-6-7-20-10(8-15)13(18)19-3/h4-5,9-10H,6-8H2,1-3H3. The number of ether oxygens (including phenoxy) is 2. The van der Waals surface area contributed by atoms with Crippen LogP contribution >= 0.6 is 0 Å². The molecule has 0 aliphatic carbocycles. The van der Waals surface area contributed by atoms with Gasteiger partial charge in [0.2, 0.25) is 0 Å². The van der Waals surface area contributed by atoms with E-state index in [9.17, 15) is 9.59 Å². The van der Waals surface area contributed by atoms with Gasteiger partial charge in [-0.3, -0.25) is 4.79 Å². The number of hydrogen-bond donors (Lipinski definition) is 0. The molecule has 1 aliphatic rings. The molecule has 20 heavy (non-hydrogen) atoms. The number of carbonyl (C=O) groups is 1. The monoisotopic (exact) mass is 281 g/mol. The number of methoxy groups -OCH3 is 1. The topological polar surface area (TPSA) is 73.7 Å². The molecule has 1 aliphatic heterocycles. The Bertz CT molecular complexity index is 541. The van der Waals surface area contributed by atoms with E-state index in [0.717, 1.165) is 0 Å². The van der Waals surface area contributed by atoms with Crippen molar-refractivity contribution in [1.82, 2.24) is 9.55 Å². The van der Waals surface area contributed by atoms with Crippen LogP contribution in [0.25, 0.3) is 0 Å². The highest BCUT2D eigenvalue weighted by atomic mass is 16.6. The van der Waals surface area contributed by atoms with Gasteiger partial charge < -0.3 is 18.9 Å². The Morgan fingerprint density at radius 2 is 2.30 bits per heavy atom. The van der Waals surface area contributed by atoms with Crippen LogP contribution in [0.4, 0.5) is 5.82 Å². The van der Waals surface area contributed by atoms with E-state index in [-0.39, 0.29) is 18.1 Å². The fraction of sp³-hybridized carbons (Fsp3) is 0.615. The number of esters is 1. The van der Waals surface area contributed by atoms with Crippen molar-refractivity contribution in [3.63, 3.8) is 0 Å². The first kappa shape index (κ1) is 14.5. The van der Waals surface area contributed by atoms with Gasteiger partial charge in [-0.15, -0.1) is 0 Å². The quantitative estimate of drug-likeness (QED) is 0.737. The van der Waals surface area contributed by atoms with Gasteiger partial charge in [0.1, 0.15) is 0 Å². The average molecular weight is 281 g/mol. The van der Waals surface area contributed by atoms with Crippen LogP contribution in [0.15, 0.2) is 17.2 Å². The minimum atomic E-state index is -0.678. The fourth-order valence-corrected chi connectivity index (χ4v) is 2.15. The molecule has 0 spiro atoms. The van der Waals surface area contributed by atoms with E-state index in [2.05, 4.69) is 9.72 Å². The van der Waals surface area contributed by atoms with Crippen LogP contribution < -0.4 is 10.5 Å². The highest BCUT2D eigenvalue weighted by molar-refractivity contribution is 5.75. The molecule has 0 N–H and O–H groups in total. The van der Waals surface area contributed by atoms with Gasteiger partial charge in [-0.2, -0.15) is 0 Å². The van der Waals surface area contributed by atoms with Crippen LogP contribution in [-0.4, -0.2) is 48.4 Å². The highest BCUT2D eigenvalue weighted by Gasteiger charge is 2.29. The summed E-state index contributed by atoms with van der Waals surface area (Å²) < 4.78 is 11.6. The molecule has 2 rings (SSSR count). The molecule has 1 aromatic heterocycles. The molecule has 7 nitrogen and oxygen atoms in total. The number of morpholine rings is 1. The van der Waals surface area contributed by atoms with E-state index in [4.69, 9.17) is 4.74 Å². The minimum absolute atomic E-state index is 0.0571. The predicted octanol–water partition coefficient (Wildman–Crippen LogP) is 0.202. The molecule has 7 heteroatoms. The van der Waals surface area contributed by atoms with Crippen molar-refractivity contribution in [2.75, 3.05) is 31.7 Å². The molecular weight excluding hydrogens is 262 g/mol. The first-order chi connectivity index (χ1) is 9.54. The largest absolute Gasteiger partial charge is 0.467 e. The van der Waals surface area contributed by atoms with Gasteiger partial charge >= 0.3 is 5.97 Å². The zero-order chi connectivity index (χ0) is 14.7. The lowest BCUT2D eigenvalue weighted by Gasteiger charge is -2.32. The molecule has 1 unspecified atom stereocenters. The molecular formula is C13H19N3O4. The average Bonchev–Trinajstić information content (AvgIpc) is 2.46. The lowest BCUT2D eigenvalue weighted by molar-refractivity contribution is -0.154. The molecule has 0 radical (unpaired) electrons. The Hall–Kier alpha value is -1.89. The van der Waals surface area contributed by atoms with Gasteiger partial charge in [-0.05, 0) is 13.8 Å². The minimum Gasteiger partial charge on any atom is -0.467 e. The summed E-state index contributed by atoms with van der Waals surface area (Å²) in [7, 11) is 1.32. The Labute approximate surface area is 117 Å². The number of rotatable bonds is 3. The maximum Gasteiger partial charge on any atom is 0.336 e. The SMILES string of the molecule is COC(=O)C1CN(c2nccn(C(C)C)c2=O)CCO1. The molecule has 2 heterocycles. The van der Waals surface area contributed by atoms with Gasteiger partial charge in [0.25, 0.3) is 5.56 Å². The van der Waals surface area contributed by atoms with Crippen molar-refractivity contribution < 1.29 is 14.3 Å². The maximum atomic E-state index is 12.4. The van der Waals surface area contributed by atoms with Gasteiger partial charge in [0, 0.05) is 25.0 Å². The van der Waals surface area contributed by atoms with Crippen LogP contribution in [0.1, 0.15) is 19.9 Å². The van der Waals surface area contributed by atoms with Crippen LogP contribution in [0.5, 0.6) is 0 Å². The van der Waals surface area contributed by atoms with Crippen molar-refractivity contribution in [2.45, 2.75) is 26.0 Å². The van der Waals surface area contributed by atoms with Crippen LogP contribution in [0.3, 0.4) is 0 Å². The third kappa shape index (κ3) is 2.82. The maximum absolute atomic E-state index is 12.4. The van der Waals surface area contributed by atoms with Crippen molar-refractivity contribution in [2.24, 2.45) is 0 Å². The molecule has 1 aromatic rings. The van der Waals surface area contributed by atoms with Gasteiger partial charge in [-0.25, -0.2) is 9.78 Å². The molecule has 1 atom stereocenters. The fourth-order valence-electron chi connectivity index (χ4n) is 2.15. The Morgan fingerprint density at radius 1 is 1.55 bits per heavy atom. The van der Waals surface area contributed by atoms with Crippen molar-refractivity contribution in [3.8, 4) is 0 Å². The molecule has 1 fully saturated rings. The first-order valence-corrected chi connectivity index (χ1v) is 6.56. The van der Waals surface area contributed by atoms with Crippen molar-refractivity contribution in [1.29, 1.82) is 0 Å². The summed E-state index contributed by atoms with van der Waals surface area (Å²) in [5.41, 5.74) is -0.159. The second-order valence-electron chi connectivity index (χ2n) is 4.89. The molecule has 0 bridgehead atoms. The summed E-state index contributed by atoms with van der Waals surface area (Å²) >= 11 is 0. The summed E-state index contributed by atoms with van der Waals surface area (Å²) in [5.74, 6) is -0.0896. The second-order valence-corrected chi connectivity index (χ2v) is 4.89. The summed E-state index contributed by atoms with van der Waals surface area (Å²) in [4.78, 5) is 29.8. The number of nitrogens with zero attached hydrogens (tertiary/aromatic N) is 3. The van der Waals surface area contributed by atoms with Crippen molar-refractivity contribution in [3.05, 3.63) is 22.7 Å². The Balaban J connectivity index is 2.25. The molecule has 110 valence electrons. The summed E-state index contributed by atoms with van der Waals surface area (Å²) in [6.07, 6.45) is 2.58. The molecule has 0 aromatic carbocycles. The third-order valence-corrected chi connectivity index (χ3v) is 3.24. The number of hydrogen-bond acceptors (Lipinski definition) is 6. The van der Waals surface area contributed by atoms with E-state index in [0.29, 0.717) is 19.0 Å². The van der Waals surface area contributed by atoms with Gasteiger partial charge in [0.15, 0.2) is 11.9 Å². The van der Waals surface area contributed by atoms with Gasteiger partial charge in [0.05, 0.1) is 20.3 Å². The lowest BCUT2D eigenvalue weighted by atomic mass is 10.2. The first-order valence-electron chi connectivity index (χ1n) is 6.56. The zero-order valence-corrected chi connectivity index (χ0v) is 11.9. The van der Waals surface area contributed by atoms with E-state index in [1.165, 1.54) is 7.11 Å². The summed E-state index contributed by atoms with van der Waals surface area (Å²) in [6, 6.07) is 0.0571. The van der Waals surface area contributed by atoms with E-state index in [1.54, 1.807) is 21.9 Å². The number of carbonyl (C=O) groups excluding carboxylic acids is 1. The molecule has 1 saturated heterocycles. The van der Waals surface area contributed by atoms with Crippen LogP contribution in [0.2, 0.25) is 0 Å². The lowest BCUT2D eigenvalue weighted by Crippen LogP contribution is -2.49. The van der Waals surface area contributed by atoms with E-state index in [1.807, 2.05) is 13.8 Å². The Kier molecular flexibility index (Phi) is 4.39. The molecule has 0 saturated carbocycles. The second kappa shape index (κ2) is 6.04. The van der Waals surface area contributed by atoms with Crippen LogP contribution in [-0.2, 0) is 14.3 Å². The third-order valence-electron chi connectivity index (χ3n) is 3.24. The highest BCUT2D eigenvalue weighted by Crippen LogP contribution is 2.13. The Morgan fingerprint density at radius 3 is 2.95 bits per heavy atom. The number of anilines is 1. The number of aromatic nitrogens is 2. The normalized spacial score (nSPS) is 19.2. The van der Waals surface area contributed by atoms with E-state index < -0.39 is 12.1 Å². The van der Waals surface area contributed by atoms with Crippen molar-refractivity contribution >= 4 is 11.8 Å². The van der Waals surface area contributed by atoms with E-state index >= 15 is 0 Å². The predicted molar refractivity (Wildman–Crippen MR) is 72.9 cm³/mol.